The summed E-state index contributed by atoms with van der Waals surface area (Å²) in [4.78, 5) is 3.95. The zero-order valence-electron chi connectivity index (χ0n) is 12.4. The largest absolute Gasteiger partial charge is 0.251 e. The summed E-state index contributed by atoms with van der Waals surface area (Å²) >= 11 is 0. The van der Waals surface area contributed by atoms with E-state index < -0.39 is 10.0 Å². The zero-order chi connectivity index (χ0) is 16.3. The van der Waals surface area contributed by atoms with Crippen molar-refractivity contribution in [3.05, 3.63) is 55.4 Å². The van der Waals surface area contributed by atoms with E-state index in [1.165, 1.54) is 29.7 Å². The maximum Gasteiger partial charge on any atom is 0.244 e. The Morgan fingerprint density at radius 1 is 1.22 bits per heavy atom. The third kappa shape index (κ3) is 3.63. The Labute approximate surface area is 133 Å². The molecule has 0 aliphatic carbocycles. The summed E-state index contributed by atoms with van der Waals surface area (Å²) in [7, 11) is -3.64. The van der Waals surface area contributed by atoms with Gasteiger partial charge in [-0.25, -0.2) is 22.8 Å². The van der Waals surface area contributed by atoms with Gasteiger partial charge in [0.05, 0.1) is 24.6 Å². The number of benzene rings is 1. The van der Waals surface area contributed by atoms with Gasteiger partial charge in [0.25, 0.3) is 0 Å². The first-order chi connectivity index (χ1) is 11.0. The molecule has 0 amide bonds. The van der Waals surface area contributed by atoms with Crippen molar-refractivity contribution in [1.29, 1.82) is 0 Å². The minimum atomic E-state index is -3.64. The Morgan fingerprint density at radius 3 is 2.70 bits per heavy atom. The Morgan fingerprint density at radius 2 is 2.00 bits per heavy atom. The molecule has 120 valence electrons. The lowest BCUT2D eigenvalue weighted by Gasteiger charge is -2.12. The van der Waals surface area contributed by atoms with Crippen LogP contribution in [0, 0.1) is 0 Å². The highest BCUT2D eigenvalue weighted by atomic mass is 32.2. The quantitative estimate of drug-likeness (QED) is 0.721. The van der Waals surface area contributed by atoms with Crippen molar-refractivity contribution in [1.82, 2.24) is 29.3 Å². The Bertz CT molecular complexity index is 858. The highest BCUT2D eigenvalue weighted by Crippen LogP contribution is 2.12. The molecule has 9 heteroatoms. The fourth-order valence-corrected chi connectivity index (χ4v) is 3.31. The van der Waals surface area contributed by atoms with E-state index in [0.29, 0.717) is 6.54 Å². The number of hydrogen-bond donors (Lipinski definition) is 1. The molecule has 3 aromatic rings. The van der Waals surface area contributed by atoms with Gasteiger partial charge >= 0.3 is 0 Å². The second kappa shape index (κ2) is 6.31. The molecule has 3 rings (SSSR count). The van der Waals surface area contributed by atoms with Gasteiger partial charge in [-0.05, 0) is 19.1 Å². The van der Waals surface area contributed by atoms with Gasteiger partial charge in [-0.15, -0.1) is 0 Å². The van der Waals surface area contributed by atoms with Gasteiger partial charge in [-0.3, -0.25) is 4.68 Å². The number of para-hydroxylation sites is 1. The van der Waals surface area contributed by atoms with Crippen LogP contribution in [0.4, 0.5) is 0 Å². The van der Waals surface area contributed by atoms with Crippen LogP contribution in [-0.2, 0) is 16.6 Å². The summed E-state index contributed by atoms with van der Waals surface area (Å²) in [6, 6.07) is 8.99. The fraction of sp³-hybridized carbons (Fsp3) is 0.214. The highest BCUT2D eigenvalue weighted by molar-refractivity contribution is 7.89. The molecule has 0 radical (unpaired) electrons. The number of hydrogen-bond acceptors (Lipinski definition) is 5. The molecule has 0 fully saturated rings. The van der Waals surface area contributed by atoms with E-state index in [9.17, 15) is 8.42 Å². The lowest BCUT2D eigenvalue weighted by molar-refractivity contribution is 0.493. The second-order valence-corrected chi connectivity index (χ2v) is 6.81. The van der Waals surface area contributed by atoms with Crippen molar-refractivity contribution >= 4 is 10.0 Å². The van der Waals surface area contributed by atoms with Crippen molar-refractivity contribution in [2.75, 3.05) is 0 Å². The molecule has 0 aliphatic rings. The van der Waals surface area contributed by atoms with E-state index in [2.05, 4.69) is 19.9 Å². The predicted molar refractivity (Wildman–Crippen MR) is 83.4 cm³/mol. The molecular formula is C14H16N6O2S. The summed E-state index contributed by atoms with van der Waals surface area (Å²) < 4.78 is 30.5. The fourth-order valence-electron chi connectivity index (χ4n) is 2.14. The van der Waals surface area contributed by atoms with Crippen LogP contribution in [0.3, 0.4) is 0 Å². The minimum Gasteiger partial charge on any atom is -0.251 e. The second-order valence-electron chi connectivity index (χ2n) is 5.10. The van der Waals surface area contributed by atoms with E-state index in [1.54, 1.807) is 11.6 Å². The average Bonchev–Trinajstić information content (AvgIpc) is 3.18. The summed E-state index contributed by atoms with van der Waals surface area (Å²) in [6.07, 6.45) is 5.76. The Hall–Kier alpha value is -2.52. The van der Waals surface area contributed by atoms with E-state index in [4.69, 9.17) is 0 Å². The molecule has 0 aliphatic heterocycles. The SMILES string of the molecule is C[C@@H](Cn1cncn1)NS(=O)(=O)c1cnn(-c2ccccc2)c1. The van der Waals surface area contributed by atoms with E-state index in [-0.39, 0.29) is 10.9 Å². The normalized spacial score (nSPS) is 13.1. The number of nitrogens with zero attached hydrogens (tertiary/aromatic N) is 5. The zero-order valence-corrected chi connectivity index (χ0v) is 13.3. The van der Waals surface area contributed by atoms with Gasteiger partial charge in [0.15, 0.2) is 0 Å². The Balaban J connectivity index is 1.74. The van der Waals surface area contributed by atoms with Gasteiger partial charge in [0.2, 0.25) is 10.0 Å². The van der Waals surface area contributed by atoms with Crippen LogP contribution in [0.2, 0.25) is 0 Å². The van der Waals surface area contributed by atoms with Crippen LogP contribution in [-0.4, -0.2) is 39.0 Å². The van der Waals surface area contributed by atoms with Crippen LogP contribution in [0.25, 0.3) is 5.69 Å². The smallest absolute Gasteiger partial charge is 0.244 e. The predicted octanol–water partition coefficient (Wildman–Crippen LogP) is 0.831. The van der Waals surface area contributed by atoms with E-state index in [0.717, 1.165) is 5.69 Å². The summed E-state index contributed by atoms with van der Waals surface area (Å²) in [5, 5.41) is 8.06. The average molecular weight is 332 g/mol. The van der Waals surface area contributed by atoms with Gasteiger partial charge in [-0.2, -0.15) is 10.2 Å². The minimum absolute atomic E-state index is 0.117. The summed E-state index contributed by atoms with van der Waals surface area (Å²) in [6.45, 7) is 2.16. The third-order valence-electron chi connectivity index (χ3n) is 3.17. The van der Waals surface area contributed by atoms with Crippen molar-refractivity contribution in [2.24, 2.45) is 0 Å². The maximum absolute atomic E-state index is 12.4. The molecule has 0 saturated carbocycles. The molecule has 2 heterocycles. The van der Waals surface area contributed by atoms with Crippen molar-refractivity contribution in [3.63, 3.8) is 0 Å². The van der Waals surface area contributed by atoms with E-state index >= 15 is 0 Å². The molecule has 1 N–H and O–H groups in total. The van der Waals surface area contributed by atoms with Crippen LogP contribution < -0.4 is 4.72 Å². The first kappa shape index (κ1) is 15.4. The number of nitrogens with one attached hydrogen (secondary N) is 1. The Kier molecular flexibility index (Phi) is 4.22. The lowest BCUT2D eigenvalue weighted by Crippen LogP contribution is -2.35. The lowest BCUT2D eigenvalue weighted by atomic mass is 10.3. The van der Waals surface area contributed by atoms with E-state index in [1.807, 2.05) is 30.3 Å². The molecule has 0 spiro atoms. The first-order valence-corrected chi connectivity index (χ1v) is 8.48. The van der Waals surface area contributed by atoms with Crippen LogP contribution in [0.5, 0.6) is 0 Å². The highest BCUT2D eigenvalue weighted by Gasteiger charge is 2.20. The van der Waals surface area contributed by atoms with Crippen molar-refractivity contribution < 1.29 is 8.42 Å². The number of sulfonamides is 1. The van der Waals surface area contributed by atoms with Crippen molar-refractivity contribution in [3.8, 4) is 5.69 Å². The molecule has 2 aromatic heterocycles. The molecule has 0 unspecified atom stereocenters. The van der Waals surface area contributed by atoms with Crippen LogP contribution >= 0.6 is 0 Å². The monoisotopic (exact) mass is 332 g/mol. The van der Waals surface area contributed by atoms with Gasteiger partial charge in [0, 0.05) is 6.04 Å². The molecule has 23 heavy (non-hydrogen) atoms. The maximum atomic E-state index is 12.4. The molecule has 8 nitrogen and oxygen atoms in total. The first-order valence-electron chi connectivity index (χ1n) is 6.99. The molecular weight excluding hydrogens is 316 g/mol. The van der Waals surface area contributed by atoms with Crippen molar-refractivity contribution in [2.45, 2.75) is 24.4 Å². The van der Waals surface area contributed by atoms with Gasteiger partial charge in [-0.1, -0.05) is 18.2 Å². The van der Waals surface area contributed by atoms with Gasteiger partial charge < -0.3 is 0 Å². The topological polar surface area (TPSA) is 94.7 Å². The third-order valence-corrected chi connectivity index (χ3v) is 4.72. The molecule has 1 atom stereocenters. The molecule has 1 aromatic carbocycles. The number of aromatic nitrogens is 5. The van der Waals surface area contributed by atoms with Crippen LogP contribution in [0.15, 0.2) is 60.3 Å². The van der Waals surface area contributed by atoms with Crippen LogP contribution in [0.1, 0.15) is 6.92 Å². The number of rotatable bonds is 6. The summed E-state index contributed by atoms with van der Waals surface area (Å²) in [5.41, 5.74) is 0.796. The molecule has 0 saturated heterocycles. The summed E-state index contributed by atoms with van der Waals surface area (Å²) in [5.74, 6) is 0. The van der Waals surface area contributed by atoms with Gasteiger partial charge in [0.1, 0.15) is 17.6 Å². The standard InChI is InChI=1S/C14H16N6O2S/c1-12(8-19-11-15-10-17-19)18-23(21,22)14-7-16-20(9-14)13-5-3-2-4-6-13/h2-7,9-12,18H,8H2,1H3/t12-/m0/s1. The molecule has 0 bridgehead atoms.